The van der Waals surface area contributed by atoms with Crippen LogP contribution in [0.1, 0.15) is 45.4 Å². The summed E-state index contributed by atoms with van der Waals surface area (Å²) in [7, 11) is 0. The zero-order valence-electron chi connectivity index (χ0n) is 9.72. The zero-order valence-corrected chi connectivity index (χ0v) is 10.5. The lowest BCUT2D eigenvalue weighted by Crippen LogP contribution is -2.30. The summed E-state index contributed by atoms with van der Waals surface area (Å²) >= 11 is 1.93. The summed E-state index contributed by atoms with van der Waals surface area (Å²) in [5.74, 6) is 2.26. The first-order valence-corrected chi connectivity index (χ1v) is 7.44. The van der Waals surface area contributed by atoms with Crippen molar-refractivity contribution in [3.8, 4) is 0 Å². The Bertz CT molecular complexity index is 132. The summed E-state index contributed by atoms with van der Waals surface area (Å²) in [5.41, 5.74) is 0. The Balaban J connectivity index is 2.03. The van der Waals surface area contributed by atoms with E-state index in [0.29, 0.717) is 0 Å². The molecule has 1 rings (SSSR count). The van der Waals surface area contributed by atoms with Gasteiger partial charge in [-0.1, -0.05) is 32.1 Å². The second-order valence-corrected chi connectivity index (χ2v) is 5.57. The first-order valence-electron chi connectivity index (χ1n) is 6.05. The van der Waals surface area contributed by atoms with Gasteiger partial charge >= 0.3 is 0 Å². The van der Waals surface area contributed by atoms with Crippen LogP contribution in [0.4, 0.5) is 0 Å². The van der Waals surface area contributed by atoms with E-state index in [0.717, 1.165) is 12.0 Å². The van der Waals surface area contributed by atoms with Crippen molar-refractivity contribution in [1.82, 2.24) is 5.32 Å². The Morgan fingerprint density at radius 1 is 1.29 bits per heavy atom. The van der Waals surface area contributed by atoms with Crippen LogP contribution in [0.2, 0.25) is 0 Å². The Morgan fingerprint density at radius 2 is 2.00 bits per heavy atom. The van der Waals surface area contributed by atoms with E-state index in [1.165, 1.54) is 50.8 Å². The SMILES string of the molecule is CSCCNC(C)CC1CCCCC1. The van der Waals surface area contributed by atoms with E-state index in [-0.39, 0.29) is 0 Å². The van der Waals surface area contributed by atoms with Gasteiger partial charge < -0.3 is 5.32 Å². The lowest BCUT2D eigenvalue weighted by atomic mass is 9.85. The third-order valence-corrected chi connectivity index (χ3v) is 3.82. The molecule has 0 spiro atoms. The fourth-order valence-corrected chi connectivity index (χ4v) is 2.74. The molecule has 1 unspecified atom stereocenters. The number of thioether (sulfide) groups is 1. The minimum atomic E-state index is 0.727. The van der Waals surface area contributed by atoms with Gasteiger partial charge in [0, 0.05) is 18.3 Å². The van der Waals surface area contributed by atoms with Crippen molar-refractivity contribution in [3.63, 3.8) is 0 Å². The molecule has 1 aliphatic rings. The average Bonchev–Trinajstić information content (AvgIpc) is 2.20. The highest BCUT2D eigenvalue weighted by molar-refractivity contribution is 7.98. The summed E-state index contributed by atoms with van der Waals surface area (Å²) in [4.78, 5) is 0. The normalized spacial score (nSPS) is 21.0. The van der Waals surface area contributed by atoms with Gasteiger partial charge in [-0.2, -0.15) is 11.8 Å². The van der Waals surface area contributed by atoms with Crippen LogP contribution in [-0.2, 0) is 0 Å². The Kier molecular flexibility index (Phi) is 6.70. The minimum absolute atomic E-state index is 0.727. The summed E-state index contributed by atoms with van der Waals surface area (Å²) < 4.78 is 0. The van der Waals surface area contributed by atoms with Gasteiger partial charge in [-0.05, 0) is 25.5 Å². The molecular formula is C12H25NS. The quantitative estimate of drug-likeness (QED) is 0.682. The lowest BCUT2D eigenvalue weighted by Gasteiger charge is -2.25. The van der Waals surface area contributed by atoms with Gasteiger partial charge in [0.05, 0.1) is 0 Å². The largest absolute Gasteiger partial charge is 0.313 e. The van der Waals surface area contributed by atoms with Gasteiger partial charge in [0.25, 0.3) is 0 Å². The van der Waals surface area contributed by atoms with Crippen molar-refractivity contribution in [2.24, 2.45) is 5.92 Å². The van der Waals surface area contributed by atoms with Crippen LogP contribution in [0.5, 0.6) is 0 Å². The highest BCUT2D eigenvalue weighted by Gasteiger charge is 2.15. The highest BCUT2D eigenvalue weighted by atomic mass is 32.2. The molecule has 1 aliphatic carbocycles. The van der Waals surface area contributed by atoms with Gasteiger partial charge in [0.1, 0.15) is 0 Å². The van der Waals surface area contributed by atoms with Crippen molar-refractivity contribution in [2.75, 3.05) is 18.6 Å². The highest BCUT2D eigenvalue weighted by Crippen LogP contribution is 2.27. The molecule has 0 heterocycles. The molecule has 1 fully saturated rings. The second-order valence-electron chi connectivity index (χ2n) is 4.59. The topological polar surface area (TPSA) is 12.0 Å². The van der Waals surface area contributed by atoms with Crippen LogP contribution >= 0.6 is 11.8 Å². The third kappa shape index (κ3) is 5.26. The molecule has 2 heteroatoms. The van der Waals surface area contributed by atoms with E-state index in [2.05, 4.69) is 18.5 Å². The van der Waals surface area contributed by atoms with Crippen LogP contribution in [-0.4, -0.2) is 24.6 Å². The molecule has 0 radical (unpaired) electrons. The van der Waals surface area contributed by atoms with Crippen LogP contribution < -0.4 is 5.32 Å². The van der Waals surface area contributed by atoms with Crippen LogP contribution in [0.3, 0.4) is 0 Å². The number of hydrogen-bond donors (Lipinski definition) is 1. The van der Waals surface area contributed by atoms with Crippen LogP contribution in [0.25, 0.3) is 0 Å². The van der Waals surface area contributed by atoms with Gasteiger partial charge in [0.2, 0.25) is 0 Å². The maximum Gasteiger partial charge on any atom is 0.00554 e. The molecule has 84 valence electrons. The standard InChI is InChI=1S/C12H25NS/c1-11(13-8-9-14-2)10-12-6-4-3-5-7-12/h11-13H,3-10H2,1-2H3. The molecule has 0 aromatic heterocycles. The lowest BCUT2D eigenvalue weighted by molar-refractivity contribution is 0.307. The smallest absolute Gasteiger partial charge is 0.00554 e. The van der Waals surface area contributed by atoms with Crippen molar-refractivity contribution < 1.29 is 0 Å². The van der Waals surface area contributed by atoms with E-state index < -0.39 is 0 Å². The summed E-state index contributed by atoms with van der Waals surface area (Å²) in [6, 6.07) is 0.727. The van der Waals surface area contributed by atoms with E-state index >= 15 is 0 Å². The summed E-state index contributed by atoms with van der Waals surface area (Å²) in [6.45, 7) is 3.52. The minimum Gasteiger partial charge on any atom is -0.313 e. The molecule has 0 bridgehead atoms. The van der Waals surface area contributed by atoms with E-state index in [1.807, 2.05) is 11.8 Å². The fraction of sp³-hybridized carbons (Fsp3) is 1.00. The molecule has 0 amide bonds. The van der Waals surface area contributed by atoms with Gasteiger partial charge in [-0.25, -0.2) is 0 Å². The summed E-state index contributed by atoms with van der Waals surface area (Å²) in [5, 5.41) is 3.61. The maximum atomic E-state index is 3.61. The zero-order chi connectivity index (χ0) is 10.2. The van der Waals surface area contributed by atoms with Crippen molar-refractivity contribution in [1.29, 1.82) is 0 Å². The molecular weight excluding hydrogens is 190 g/mol. The number of nitrogens with one attached hydrogen (secondary N) is 1. The molecule has 1 saturated carbocycles. The van der Waals surface area contributed by atoms with Crippen LogP contribution in [0.15, 0.2) is 0 Å². The molecule has 0 aromatic rings. The van der Waals surface area contributed by atoms with E-state index in [1.54, 1.807) is 0 Å². The number of hydrogen-bond acceptors (Lipinski definition) is 2. The van der Waals surface area contributed by atoms with Crippen LogP contribution in [0, 0.1) is 5.92 Å². The van der Waals surface area contributed by atoms with E-state index in [4.69, 9.17) is 0 Å². The fourth-order valence-electron chi connectivity index (χ4n) is 2.41. The van der Waals surface area contributed by atoms with E-state index in [9.17, 15) is 0 Å². The first kappa shape index (κ1) is 12.4. The van der Waals surface area contributed by atoms with Gasteiger partial charge in [-0.15, -0.1) is 0 Å². The molecule has 14 heavy (non-hydrogen) atoms. The Labute approximate surface area is 93.4 Å². The predicted octanol–water partition coefficient (Wildman–Crippen LogP) is 3.30. The molecule has 0 saturated heterocycles. The molecule has 1 nitrogen and oxygen atoms in total. The average molecular weight is 215 g/mol. The maximum absolute atomic E-state index is 3.61. The van der Waals surface area contributed by atoms with Crippen molar-refractivity contribution in [3.05, 3.63) is 0 Å². The Hall–Kier alpha value is 0.310. The molecule has 1 atom stereocenters. The predicted molar refractivity (Wildman–Crippen MR) is 67.0 cm³/mol. The molecule has 1 N–H and O–H groups in total. The molecule has 0 aliphatic heterocycles. The third-order valence-electron chi connectivity index (χ3n) is 3.21. The van der Waals surface area contributed by atoms with Gasteiger partial charge in [0.15, 0.2) is 0 Å². The Morgan fingerprint density at radius 3 is 2.64 bits per heavy atom. The first-order chi connectivity index (χ1) is 6.83. The number of rotatable bonds is 6. The molecule has 0 aromatic carbocycles. The van der Waals surface area contributed by atoms with Crippen molar-refractivity contribution >= 4 is 11.8 Å². The monoisotopic (exact) mass is 215 g/mol. The second kappa shape index (κ2) is 7.58. The van der Waals surface area contributed by atoms with Crippen molar-refractivity contribution in [2.45, 2.75) is 51.5 Å². The summed E-state index contributed by atoms with van der Waals surface area (Å²) in [6.07, 6.45) is 11.0. The van der Waals surface area contributed by atoms with Gasteiger partial charge in [-0.3, -0.25) is 0 Å².